The van der Waals surface area contributed by atoms with E-state index in [1.165, 1.54) is 0 Å². The van der Waals surface area contributed by atoms with E-state index in [1.54, 1.807) is 24.3 Å². The average Bonchev–Trinajstić information content (AvgIpc) is 2.56. The van der Waals surface area contributed by atoms with Gasteiger partial charge in [0.1, 0.15) is 17.2 Å². The molecule has 0 aliphatic carbocycles. The molecule has 122 valence electrons. The van der Waals surface area contributed by atoms with Crippen molar-refractivity contribution in [2.75, 3.05) is 0 Å². The lowest BCUT2D eigenvalue weighted by Gasteiger charge is -2.20. The molecule has 0 aliphatic rings. The summed E-state index contributed by atoms with van der Waals surface area (Å²) in [7, 11) is 0. The highest BCUT2D eigenvalue weighted by molar-refractivity contribution is 5.50. The molecule has 0 aliphatic heterocycles. The van der Waals surface area contributed by atoms with Crippen LogP contribution in [-0.2, 0) is 0 Å². The van der Waals surface area contributed by atoms with Gasteiger partial charge in [-0.05, 0) is 65.9 Å². The molecular formula is C21H20O3. The SMILES string of the molecule is Cc1ccc(C(c2ccc(O)cc2)c2ccc(C)c(O)c2)cc1O. The fraction of sp³-hybridized carbons (Fsp3) is 0.143. The summed E-state index contributed by atoms with van der Waals surface area (Å²) in [5.41, 5.74) is 4.45. The van der Waals surface area contributed by atoms with Crippen LogP contribution in [0.25, 0.3) is 0 Å². The van der Waals surface area contributed by atoms with Gasteiger partial charge >= 0.3 is 0 Å². The van der Waals surface area contributed by atoms with Crippen molar-refractivity contribution in [3.05, 3.63) is 88.5 Å². The van der Waals surface area contributed by atoms with Gasteiger partial charge < -0.3 is 15.3 Å². The Hall–Kier alpha value is -2.94. The van der Waals surface area contributed by atoms with Crippen molar-refractivity contribution in [2.24, 2.45) is 0 Å². The molecule has 0 atom stereocenters. The monoisotopic (exact) mass is 320 g/mol. The Labute approximate surface area is 141 Å². The van der Waals surface area contributed by atoms with Crippen molar-refractivity contribution < 1.29 is 15.3 Å². The van der Waals surface area contributed by atoms with Crippen LogP contribution in [0.2, 0.25) is 0 Å². The molecule has 0 spiro atoms. The molecule has 0 saturated carbocycles. The number of aromatic hydroxyl groups is 3. The molecule has 3 heteroatoms. The summed E-state index contributed by atoms with van der Waals surface area (Å²) in [6, 6.07) is 18.2. The smallest absolute Gasteiger partial charge is 0.118 e. The fourth-order valence-electron chi connectivity index (χ4n) is 2.86. The van der Waals surface area contributed by atoms with Gasteiger partial charge in [0.2, 0.25) is 0 Å². The molecular weight excluding hydrogens is 300 g/mol. The zero-order valence-electron chi connectivity index (χ0n) is 13.7. The normalized spacial score (nSPS) is 11.0. The number of phenolic OH excluding ortho intramolecular Hbond substituents is 3. The Bertz CT molecular complexity index is 815. The molecule has 0 fully saturated rings. The third-order valence-electron chi connectivity index (χ3n) is 4.36. The topological polar surface area (TPSA) is 60.7 Å². The summed E-state index contributed by atoms with van der Waals surface area (Å²) < 4.78 is 0. The highest BCUT2D eigenvalue weighted by Crippen LogP contribution is 2.36. The van der Waals surface area contributed by atoms with E-state index < -0.39 is 0 Å². The van der Waals surface area contributed by atoms with Crippen LogP contribution in [0.4, 0.5) is 0 Å². The maximum atomic E-state index is 10.1. The molecule has 0 radical (unpaired) electrons. The molecule has 24 heavy (non-hydrogen) atoms. The number of phenols is 3. The minimum atomic E-state index is -0.149. The van der Waals surface area contributed by atoms with Gasteiger partial charge in [-0.15, -0.1) is 0 Å². The van der Waals surface area contributed by atoms with Gasteiger partial charge in [0, 0.05) is 5.92 Å². The highest BCUT2D eigenvalue weighted by atomic mass is 16.3. The van der Waals surface area contributed by atoms with E-state index in [9.17, 15) is 15.3 Å². The predicted octanol–water partition coefficient (Wildman–Crippen LogP) is 4.60. The van der Waals surface area contributed by atoms with E-state index in [1.807, 2.05) is 50.2 Å². The zero-order chi connectivity index (χ0) is 17.3. The van der Waals surface area contributed by atoms with E-state index >= 15 is 0 Å². The molecule has 0 aromatic heterocycles. The predicted molar refractivity (Wildman–Crippen MR) is 94.7 cm³/mol. The minimum absolute atomic E-state index is 0.149. The Morgan fingerprint density at radius 1 is 0.583 bits per heavy atom. The lowest BCUT2D eigenvalue weighted by atomic mass is 9.84. The maximum absolute atomic E-state index is 10.1. The van der Waals surface area contributed by atoms with E-state index in [4.69, 9.17) is 0 Å². The largest absolute Gasteiger partial charge is 0.508 e. The second kappa shape index (κ2) is 6.28. The van der Waals surface area contributed by atoms with Crippen LogP contribution in [0.15, 0.2) is 60.7 Å². The first-order valence-electron chi connectivity index (χ1n) is 7.83. The molecule has 0 unspecified atom stereocenters. The third kappa shape index (κ3) is 3.06. The van der Waals surface area contributed by atoms with E-state index in [0.29, 0.717) is 0 Å². The Kier molecular flexibility index (Phi) is 4.17. The van der Waals surface area contributed by atoms with Gasteiger partial charge in [-0.25, -0.2) is 0 Å². The fourth-order valence-corrected chi connectivity index (χ4v) is 2.86. The van der Waals surface area contributed by atoms with E-state index in [0.717, 1.165) is 27.8 Å². The zero-order valence-corrected chi connectivity index (χ0v) is 13.7. The average molecular weight is 320 g/mol. The molecule has 3 rings (SSSR count). The summed E-state index contributed by atoms with van der Waals surface area (Å²) in [5, 5.41) is 29.8. The van der Waals surface area contributed by atoms with Crippen LogP contribution in [0.1, 0.15) is 33.7 Å². The molecule has 0 saturated heterocycles. The highest BCUT2D eigenvalue weighted by Gasteiger charge is 2.19. The summed E-state index contributed by atoms with van der Waals surface area (Å²) in [4.78, 5) is 0. The van der Waals surface area contributed by atoms with Crippen molar-refractivity contribution in [1.29, 1.82) is 0 Å². The molecule has 0 heterocycles. The quantitative estimate of drug-likeness (QED) is 0.618. The van der Waals surface area contributed by atoms with Gasteiger partial charge in [0.05, 0.1) is 0 Å². The van der Waals surface area contributed by atoms with Gasteiger partial charge in [0.25, 0.3) is 0 Å². The number of hydrogen-bond donors (Lipinski definition) is 3. The van der Waals surface area contributed by atoms with Crippen molar-refractivity contribution >= 4 is 0 Å². The number of hydrogen-bond acceptors (Lipinski definition) is 3. The third-order valence-corrected chi connectivity index (χ3v) is 4.36. The Balaban J connectivity index is 2.17. The van der Waals surface area contributed by atoms with Crippen LogP contribution >= 0.6 is 0 Å². The lowest BCUT2D eigenvalue weighted by molar-refractivity contribution is 0.469. The molecule has 3 aromatic rings. The standard InChI is InChI=1S/C21H20O3/c1-13-3-5-16(11-19(13)23)21(15-7-9-18(22)10-8-15)17-6-4-14(2)20(24)12-17/h3-12,21-24H,1-2H3. The van der Waals surface area contributed by atoms with Gasteiger partial charge in [-0.1, -0.05) is 36.4 Å². The van der Waals surface area contributed by atoms with Crippen molar-refractivity contribution in [3.63, 3.8) is 0 Å². The number of rotatable bonds is 3. The molecule has 3 nitrogen and oxygen atoms in total. The Morgan fingerprint density at radius 3 is 1.42 bits per heavy atom. The summed E-state index contributed by atoms with van der Waals surface area (Å²) in [6.45, 7) is 3.71. The van der Waals surface area contributed by atoms with Crippen LogP contribution < -0.4 is 0 Å². The van der Waals surface area contributed by atoms with Crippen molar-refractivity contribution in [2.45, 2.75) is 19.8 Å². The molecule has 3 aromatic carbocycles. The first-order chi connectivity index (χ1) is 11.5. The molecule has 0 bridgehead atoms. The number of benzene rings is 3. The van der Waals surface area contributed by atoms with Crippen LogP contribution in [-0.4, -0.2) is 15.3 Å². The van der Waals surface area contributed by atoms with Crippen LogP contribution in [0, 0.1) is 13.8 Å². The number of aryl methyl sites for hydroxylation is 2. The lowest BCUT2D eigenvalue weighted by Crippen LogP contribution is -2.03. The van der Waals surface area contributed by atoms with E-state index in [-0.39, 0.29) is 23.2 Å². The summed E-state index contributed by atoms with van der Waals surface area (Å²) in [6.07, 6.45) is 0. The molecule has 3 N–H and O–H groups in total. The molecule has 0 amide bonds. The van der Waals surface area contributed by atoms with Gasteiger partial charge in [-0.3, -0.25) is 0 Å². The minimum Gasteiger partial charge on any atom is -0.508 e. The summed E-state index contributed by atoms with van der Waals surface area (Å²) in [5.74, 6) is 0.542. The first-order valence-corrected chi connectivity index (χ1v) is 7.83. The second-order valence-electron chi connectivity index (χ2n) is 6.12. The summed E-state index contributed by atoms with van der Waals surface area (Å²) >= 11 is 0. The van der Waals surface area contributed by atoms with Crippen LogP contribution in [0.3, 0.4) is 0 Å². The van der Waals surface area contributed by atoms with Gasteiger partial charge in [0.15, 0.2) is 0 Å². The van der Waals surface area contributed by atoms with Gasteiger partial charge in [-0.2, -0.15) is 0 Å². The second-order valence-corrected chi connectivity index (χ2v) is 6.12. The van der Waals surface area contributed by atoms with Crippen molar-refractivity contribution in [1.82, 2.24) is 0 Å². The van der Waals surface area contributed by atoms with Crippen molar-refractivity contribution in [3.8, 4) is 17.2 Å². The first kappa shape index (κ1) is 15.9. The van der Waals surface area contributed by atoms with E-state index in [2.05, 4.69) is 0 Å². The Morgan fingerprint density at radius 2 is 1.00 bits per heavy atom. The van der Waals surface area contributed by atoms with Crippen LogP contribution in [0.5, 0.6) is 17.2 Å². The maximum Gasteiger partial charge on any atom is 0.118 e.